The summed E-state index contributed by atoms with van der Waals surface area (Å²) in [6.45, 7) is 14.1. The van der Waals surface area contributed by atoms with Gasteiger partial charge in [-0.15, -0.1) is 26.3 Å². The zero-order chi connectivity index (χ0) is 13.4. The Balaban J connectivity index is 5.03. The van der Waals surface area contributed by atoms with Crippen LogP contribution in [0.3, 0.4) is 0 Å². The molecule has 0 saturated carbocycles. The summed E-state index contributed by atoms with van der Waals surface area (Å²) >= 11 is 0. The van der Waals surface area contributed by atoms with Crippen LogP contribution in [0.5, 0.6) is 0 Å². The molecule has 0 aliphatic rings. The Morgan fingerprint density at radius 3 is 1.12 bits per heavy atom. The smallest absolute Gasteiger partial charge is 0.216 e. The first-order valence-corrected chi connectivity index (χ1v) is 9.25. The van der Waals surface area contributed by atoms with Crippen LogP contribution in [-0.4, -0.2) is 24.6 Å². The number of allylic oxidation sites excluding steroid dienone is 4. The van der Waals surface area contributed by atoms with Crippen molar-refractivity contribution in [2.24, 2.45) is 0 Å². The van der Waals surface area contributed by atoms with E-state index in [4.69, 9.17) is 4.31 Å². The summed E-state index contributed by atoms with van der Waals surface area (Å²) in [5, 5.41) is 0. The lowest BCUT2D eigenvalue weighted by Crippen LogP contribution is -2.00. The molecule has 17 heavy (non-hydrogen) atoms. The van der Waals surface area contributed by atoms with Gasteiger partial charge in [0, 0.05) is 24.6 Å². The lowest BCUT2D eigenvalue weighted by atomic mass is 10.8. The highest BCUT2D eigenvalue weighted by atomic mass is 31.2. The maximum atomic E-state index is 12.4. The van der Waals surface area contributed by atoms with Crippen LogP contribution in [0.25, 0.3) is 0 Å². The molecule has 0 aliphatic heterocycles. The molecular formula is C12H20O3P2. The van der Waals surface area contributed by atoms with Crippen LogP contribution in [0.4, 0.5) is 0 Å². The molecule has 0 radical (unpaired) electrons. The average Bonchev–Trinajstić information content (AvgIpc) is 2.17. The van der Waals surface area contributed by atoms with Crippen molar-refractivity contribution in [3.63, 3.8) is 0 Å². The molecule has 0 unspecified atom stereocenters. The monoisotopic (exact) mass is 274 g/mol. The Hall–Kier alpha value is -0.620. The molecule has 0 aromatic rings. The maximum absolute atomic E-state index is 12.4. The van der Waals surface area contributed by atoms with E-state index in [1.165, 1.54) is 24.3 Å². The van der Waals surface area contributed by atoms with Gasteiger partial charge in [-0.2, -0.15) is 0 Å². The molecule has 0 aliphatic carbocycles. The second-order valence-corrected chi connectivity index (χ2v) is 8.97. The Morgan fingerprint density at radius 2 is 0.941 bits per heavy atom. The van der Waals surface area contributed by atoms with Crippen molar-refractivity contribution < 1.29 is 13.4 Å². The molecule has 0 atom stereocenters. The average molecular weight is 274 g/mol. The summed E-state index contributed by atoms with van der Waals surface area (Å²) in [4.78, 5) is 0. The summed E-state index contributed by atoms with van der Waals surface area (Å²) in [6.07, 6.45) is 6.81. The second kappa shape index (κ2) is 7.66. The van der Waals surface area contributed by atoms with Crippen LogP contribution in [0, 0.1) is 0 Å². The minimum Gasteiger partial charge on any atom is -0.292 e. The Morgan fingerprint density at radius 1 is 0.706 bits per heavy atom. The molecule has 0 saturated heterocycles. The van der Waals surface area contributed by atoms with Crippen molar-refractivity contribution in [2.45, 2.75) is 0 Å². The molecular weight excluding hydrogens is 254 g/mol. The highest BCUT2D eigenvalue weighted by Crippen LogP contribution is 2.63. The van der Waals surface area contributed by atoms with Crippen molar-refractivity contribution in [1.82, 2.24) is 0 Å². The van der Waals surface area contributed by atoms with Gasteiger partial charge in [-0.05, 0) is 0 Å². The van der Waals surface area contributed by atoms with E-state index in [1.54, 1.807) is 0 Å². The largest absolute Gasteiger partial charge is 0.292 e. The molecule has 0 heterocycles. The van der Waals surface area contributed by atoms with Crippen LogP contribution in [-0.2, 0) is 13.4 Å². The quantitative estimate of drug-likeness (QED) is 0.440. The van der Waals surface area contributed by atoms with Gasteiger partial charge in [-0.1, -0.05) is 24.3 Å². The van der Waals surface area contributed by atoms with Crippen molar-refractivity contribution in [1.29, 1.82) is 0 Å². The van der Waals surface area contributed by atoms with E-state index in [0.29, 0.717) is 0 Å². The topological polar surface area (TPSA) is 43.4 Å². The number of hydrogen-bond donors (Lipinski definition) is 0. The summed E-state index contributed by atoms with van der Waals surface area (Å²) in [5.74, 6) is 0. The molecule has 96 valence electrons. The number of rotatable bonds is 10. The van der Waals surface area contributed by atoms with Gasteiger partial charge in [0.1, 0.15) is 0 Å². The number of hydrogen-bond acceptors (Lipinski definition) is 3. The molecule has 0 aromatic carbocycles. The van der Waals surface area contributed by atoms with E-state index >= 15 is 0 Å². The van der Waals surface area contributed by atoms with E-state index in [2.05, 4.69) is 26.3 Å². The molecule has 5 heteroatoms. The van der Waals surface area contributed by atoms with Crippen molar-refractivity contribution in [3.05, 3.63) is 50.6 Å². The first kappa shape index (κ1) is 16.4. The normalized spacial score (nSPS) is 11.8. The van der Waals surface area contributed by atoms with Crippen LogP contribution in [0.2, 0.25) is 0 Å². The minimum atomic E-state index is -3.00. The van der Waals surface area contributed by atoms with E-state index in [1.807, 2.05) is 0 Å². The third-order valence-electron chi connectivity index (χ3n) is 1.93. The van der Waals surface area contributed by atoms with Crippen LogP contribution in [0.15, 0.2) is 50.6 Å². The van der Waals surface area contributed by atoms with E-state index in [9.17, 15) is 9.13 Å². The third kappa shape index (κ3) is 6.02. The lowest BCUT2D eigenvalue weighted by Gasteiger charge is -2.22. The van der Waals surface area contributed by atoms with Gasteiger partial charge in [-0.25, -0.2) is 0 Å². The van der Waals surface area contributed by atoms with Gasteiger partial charge in [0.15, 0.2) is 0 Å². The highest BCUT2D eigenvalue weighted by Gasteiger charge is 2.31. The van der Waals surface area contributed by atoms with Crippen LogP contribution in [0.1, 0.15) is 0 Å². The van der Waals surface area contributed by atoms with E-state index in [-0.39, 0.29) is 24.6 Å². The molecule has 0 rings (SSSR count). The molecule has 3 nitrogen and oxygen atoms in total. The minimum absolute atomic E-state index is 0.192. The van der Waals surface area contributed by atoms with Crippen LogP contribution >= 0.6 is 14.7 Å². The van der Waals surface area contributed by atoms with Gasteiger partial charge in [0.25, 0.3) is 0 Å². The Kier molecular flexibility index (Phi) is 7.38. The Labute approximate surface area is 104 Å². The predicted molar refractivity (Wildman–Crippen MR) is 76.6 cm³/mol. The Bertz CT molecular complexity index is 321. The summed E-state index contributed by atoms with van der Waals surface area (Å²) < 4.78 is 30.2. The highest BCUT2D eigenvalue weighted by molar-refractivity contribution is 7.72. The standard InChI is InChI=1S/C12H20O3P2/c1-5-9-16(13,10-6-2)15-17(14,11-7-3)12-8-4/h5-8H,1-4,9-12H2. The fourth-order valence-corrected chi connectivity index (χ4v) is 6.45. The SMILES string of the molecule is C=CCP(=O)(CC=C)OP(=O)(CC=C)CC=C. The zero-order valence-corrected chi connectivity index (χ0v) is 11.9. The van der Waals surface area contributed by atoms with Gasteiger partial charge >= 0.3 is 0 Å². The maximum Gasteiger partial charge on any atom is 0.216 e. The van der Waals surface area contributed by atoms with E-state index in [0.717, 1.165) is 0 Å². The van der Waals surface area contributed by atoms with E-state index < -0.39 is 14.7 Å². The van der Waals surface area contributed by atoms with Gasteiger partial charge in [0.2, 0.25) is 14.7 Å². The molecule has 0 spiro atoms. The van der Waals surface area contributed by atoms with Gasteiger partial charge in [0.05, 0.1) is 0 Å². The summed E-state index contributed by atoms with van der Waals surface area (Å²) in [7, 11) is -5.99. The second-order valence-electron chi connectivity index (χ2n) is 3.60. The van der Waals surface area contributed by atoms with Gasteiger partial charge < -0.3 is 0 Å². The molecule has 0 amide bonds. The first-order valence-electron chi connectivity index (χ1n) is 5.26. The van der Waals surface area contributed by atoms with Gasteiger partial charge in [-0.3, -0.25) is 13.4 Å². The third-order valence-corrected chi connectivity index (χ3v) is 7.57. The molecule has 0 N–H and O–H groups in total. The summed E-state index contributed by atoms with van der Waals surface area (Å²) in [6, 6.07) is 0. The lowest BCUT2D eigenvalue weighted by molar-refractivity contribution is 0.464. The molecule has 0 fully saturated rings. The van der Waals surface area contributed by atoms with Crippen LogP contribution < -0.4 is 0 Å². The first-order chi connectivity index (χ1) is 7.95. The van der Waals surface area contributed by atoms with Crippen molar-refractivity contribution >= 4 is 14.7 Å². The fraction of sp³-hybridized carbons (Fsp3) is 0.333. The molecule has 0 bridgehead atoms. The fourth-order valence-electron chi connectivity index (χ4n) is 1.34. The summed E-state index contributed by atoms with van der Waals surface area (Å²) in [5.41, 5.74) is 0. The zero-order valence-electron chi connectivity index (χ0n) is 10.1. The molecule has 0 aromatic heterocycles. The predicted octanol–water partition coefficient (Wildman–Crippen LogP) is 4.30. The van der Waals surface area contributed by atoms with Crippen molar-refractivity contribution in [3.8, 4) is 0 Å². The van der Waals surface area contributed by atoms with Crippen molar-refractivity contribution in [2.75, 3.05) is 24.6 Å².